The van der Waals surface area contributed by atoms with Crippen LogP contribution in [0.2, 0.25) is 0 Å². The van der Waals surface area contributed by atoms with E-state index < -0.39 is 15.6 Å². The van der Waals surface area contributed by atoms with Crippen LogP contribution in [0.5, 0.6) is 5.75 Å². The molecule has 0 amide bonds. The Labute approximate surface area is 166 Å². The number of halogens is 3. The average molecular weight is 425 g/mol. The predicted octanol–water partition coefficient (Wildman–Crippen LogP) is 3.93. The number of ether oxygens (including phenoxy) is 1. The molecular formula is C20H18F3NO4S. The van der Waals surface area contributed by atoms with Gasteiger partial charge in [0, 0.05) is 12.1 Å². The fourth-order valence-electron chi connectivity index (χ4n) is 2.47. The van der Waals surface area contributed by atoms with E-state index in [1.165, 1.54) is 22.0 Å². The molecule has 0 aliphatic rings. The van der Waals surface area contributed by atoms with E-state index in [2.05, 4.69) is 60.7 Å². The third kappa shape index (κ3) is 6.31. The van der Waals surface area contributed by atoms with Crippen molar-refractivity contribution in [1.82, 2.24) is 0 Å². The summed E-state index contributed by atoms with van der Waals surface area (Å²) in [4.78, 5) is 1.24. The fraction of sp³-hybridized carbons (Fsp3) is 0.100. The van der Waals surface area contributed by atoms with Crippen LogP contribution >= 0.6 is 0 Å². The molecule has 0 aliphatic heterocycles. The Morgan fingerprint density at radius 1 is 0.759 bits per heavy atom. The minimum Gasteiger partial charge on any atom is -0.741 e. The maximum absolute atomic E-state index is 10.7. The molecule has 3 rings (SSSR count). The zero-order valence-electron chi connectivity index (χ0n) is 15.3. The van der Waals surface area contributed by atoms with Gasteiger partial charge in [-0.3, -0.25) is 0 Å². The van der Waals surface area contributed by atoms with E-state index in [0.717, 1.165) is 5.75 Å². The topological polar surface area (TPSA) is 70.9 Å². The summed E-state index contributed by atoms with van der Waals surface area (Å²) in [6, 6.07) is 29.2. The van der Waals surface area contributed by atoms with E-state index in [1.807, 2.05) is 24.3 Å². The van der Waals surface area contributed by atoms with E-state index in [-0.39, 0.29) is 0 Å². The van der Waals surface area contributed by atoms with Crippen LogP contribution in [0.3, 0.4) is 0 Å². The first-order valence-electron chi connectivity index (χ1n) is 8.28. The maximum atomic E-state index is 10.7. The lowest BCUT2D eigenvalue weighted by atomic mass is 10.2. The minimum atomic E-state index is -6.09. The van der Waals surface area contributed by atoms with Gasteiger partial charge in [-0.2, -0.15) is 13.2 Å². The number of nitrogens with one attached hydrogen (secondary N) is 1. The molecule has 0 aliphatic carbocycles. The number of benzene rings is 3. The standard InChI is InChI=1S/C19H17NO.CHF3O3S/c1-21-19-14-12-18(13-15-19)20(16-8-4-2-5-9-16)17-10-6-3-7-11-17;2-1(3,4)8(5,6)7/h2-15H,1H3;(H,5,6,7). The summed E-state index contributed by atoms with van der Waals surface area (Å²) in [7, 11) is -4.40. The summed E-state index contributed by atoms with van der Waals surface area (Å²) in [6.45, 7) is 0. The summed E-state index contributed by atoms with van der Waals surface area (Å²) in [6.07, 6.45) is 0. The summed E-state index contributed by atoms with van der Waals surface area (Å²) < 4.78 is 64.2. The number of hydrogen-bond donors (Lipinski definition) is 1. The summed E-state index contributed by atoms with van der Waals surface area (Å²) in [5.74, 6) is 0.874. The van der Waals surface area contributed by atoms with E-state index >= 15 is 0 Å². The summed E-state index contributed by atoms with van der Waals surface area (Å²) >= 11 is 0. The lowest BCUT2D eigenvalue weighted by Gasteiger charge is -2.18. The number of rotatable bonds is 4. The van der Waals surface area contributed by atoms with Crippen molar-refractivity contribution in [3.8, 4) is 5.75 Å². The zero-order valence-corrected chi connectivity index (χ0v) is 16.1. The molecule has 0 bridgehead atoms. The third-order valence-corrected chi connectivity index (χ3v) is 4.35. The normalized spacial score (nSPS) is 11.5. The Morgan fingerprint density at radius 2 is 1.10 bits per heavy atom. The molecule has 0 fully saturated rings. The van der Waals surface area contributed by atoms with Crippen molar-refractivity contribution in [2.24, 2.45) is 0 Å². The van der Waals surface area contributed by atoms with Crippen molar-refractivity contribution in [3.05, 3.63) is 84.9 Å². The highest BCUT2D eigenvalue weighted by Gasteiger charge is 2.36. The van der Waals surface area contributed by atoms with Gasteiger partial charge in [-0.05, 0) is 36.4 Å². The first-order chi connectivity index (χ1) is 13.6. The van der Waals surface area contributed by atoms with Crippen LogP contribution in [0.25, 0.3) is 0 Å². The van der Waals surface area contributed by atoms with Crippen LogP contribution in [0, 0.1) is 0 Å². The maximum Gasteiger partial charge on any atom is 0.485 e. The predicted molar refractivity (Wildman–Crippen MR) is 102 cm³/mol. The molecule has 0 heterocycles. The minimum absolute atomic E-state index is 0.874. The Morgan fingerprint density at radius 3 is 1.41 bits per heavy atom. The van der Waals surface area contributed by atoms with Crippen LogP contribution in [0.4, 0.5) is 30.2 Å². The number of alkyl halides is 3. The molecule has 154 valence electrons. The second-order valence-corrected chi connectivity index (χ2v) is 7.11. The average Bonchev–Trinajstić information content (AvgIpc) is 2.69. The monoisotopic (exact) mass is 425 g/mol. The number of methoxy groups -OCH3 is 1. The zero-order chi connectivity index (χ0) is 21.5. The van der Waals surface area contributed by atoms with Gasteiger partial charge in [0.25, 0.3) is 0 Å². The van der Waals surface area contributed by atoms with E-state index in [0.29, 0.717) is 0 Å². The summed E-state index contributed by atoms with van der Waals surface area (Å²) in [5.41, 5.74) is -2.02. The van der Waals surface area contributed by atoms with Crippen LogP contribution in [-0.2, 0) is 10.1 Å². The van der Waals surface area contributed by atoms with Crippen LogP contribution in [-0.4, -0.2) is 25.6 Å². The molecular weight excluding hydrogens is 407 g/mol. The molecule has 29 heavy (non-hydrogen) atoms. The van der Waals surface area contributed by atoms with Gasteiger partial charge < -0.3 is 9.29 Å². The molecule has 0 unspecified atom stereocenters. The second kappa shape index (κ2) is 9.55. The Bertz CT molecular complexity index is 954. The molecule has 0 aromatic heterocycles. The Balaban J connectivity index is 0.000000321. The molecule has 0 atom stereocenters. The largest absolute Gasteiger partial charge is 0.741 e. The van der Waals surface area contributed by atoms with Crippen molar-refractivity contribution < 1.29 is 35.8 Å². The highest BCUT2D eigenvalue weighted by Crippen LogP contribution is 2.20. The Hall–Kier alpha value is -2.88. The Kier molecular flexibility index (Phi) is 7.38. The van der Waals surface area contributed by atoms with Gasteiger partial charge in [0.1, 0.15) is 22.8 Å². The van der Waals surface area contributed by atoms with Crippen LogP contribution in [0.15, 0.2) is 84.9 Å². The lowest BCUT2D eigenvalue weighted by Crippen LogP contribution is -2.96. The third-order valence-electron chi connectivity index (χ3n) is 3.79. The van der Waals surface area contributed by atoms with E-state index in [4.69, 9.17) is 17.7 Å². The van der Waals surface area contributed by atoms with E-state index in [9.17, 15) is 13.2 Å². The summed E-state index contributed by atoms with van der Waals surface area (Å²) in [5, 5.41) is 0. The number of quaternary nitrogens is 1. The molecule has 0 saturated carbocycles. The van der Waals surface area contributed by atoms with Gasteiger partial charge >= 0.3 is 5.51 Å². The van der Waals surface area contributed by atoms with Crippen LogP contribution < -0.4 is 9.64 Å². The SMILES string of the molecule is COc1ccc([NH+](c2ccccc2)c2ccccc2)cc1.O=S(=O)([O-])C(F)(F)F. The van der Waals surface area contributed by atoms with Crippen molar-refractivity contribution in [2.75, 3.05) is 7.11 Å². The van der Waals surface area contributed by atoms with E-state index in [1.54, 1.807) is 7.11 Å². The number of para-hydroxylation sites is 2. The molecule has 3 aromatic rings. The molecule has 0 spiro atoms. The highest BCUT2D eigenvalue weighted by atomic mass is 32.2. The van der Waals surface area contributed by atoms with Gasteiger partial charge in [0.2, 0.25) is 0 Å². The van der Waals surface area contributed by atoms with Crippen molar-refractivity contribution in [2.45, 2.75) is 5.51 Å². The fourth-order valence-corrected chi connectivity index (χ4v) is 2.47. The van der Waals surface area contributed by atoms with Crippen molar-refractivity contribution in [3.63, 3.8) is 0 Å². The first kappa shape index (κ1) is 22.4. The molecule has 9 heteroatoms. The molecule has 1 N–H and O–H groups in total. The van der Waals surface area contributed by atoms with Gasteiger partial charge in [-0.25, -0.2) is 13.3 Å². The van der Waals surface area contributed by atoms with Gasteiger partial charge in [-0.15, -0.1) is 0 Å². The quantitative estimate of drug-likeness (QED) is 0.508. The smallest absolute Gasteiger partial charge is 0.485 e. The first-order valence-corrected chi connectivity index (χ1v) is 9.68. The van der Waals surface area contributed by atoms with Gasteiger partial charge in [0.05, 0.1) is 7.11 Å². The van der Waals surface area contributed by atoms with Crippen molar-refractivity contribution in [1.29, 1.82) is 0 Å². The van der Waals surface area contributed by atoms with Crippen LogP contribution in [0.1, 0.15) is 0 Å². The number of hydrogen-bond acceptors (Lipinski definition) is 4. The second-order valence-electron chi connectivity index (χ2n) is 5.74. The molecule has 0 saturated heterocycles. The molecule has 3 aromatic carbocycles. The van der Waals surface area contributed by atoms with Gasteiger partial charge in [0.15, 0.2) is 10.1 Å². The van der Waals surface area contributed by atoms with Gasteiger partial charge in [-0.1, -0.05) is 36.4 Å². The molecule has 5 nitrogen and oxygen atoms in total. The molecule has 0 radical (unpaired) electrons. The van der Waals surface area contributed by atoms with Crippen molar-refractivity contribution >= 4 is 27.2 Å². The highest BCUT2D eigenvalue weighted by molar-refractivity contribution is 7.86. The lowest BCUT2D eigenvalue weighted by molar-refractivity contribution is -0.681.